The van der Waals surface area contributed by atoms with Crippen molar-refractivity contribution in [3.8, 4) is 0 Å². The Labute approximate surface area is 97.2 Å². The lowest BCUT2D eigenvalue weighted by Crippen LogP contribution is -2.35. The van der Waals surface area contributed by atoms with Crippen LogP contribution in [-0.4, -0.2) is 35.5 Å². The van der Waals surface area contributed by atoms with Gasteiger partial charge in [0.1, 0.15) is 6.54 Å². The van der Waals surface area contributed by atoms with Crippen molar-refractivity contribution in [1.29, 1.82) is 0 Å². The van der Waals surface area contributed by atoms with E-state index in [0.717, 1.165) is 12.2 Å². The number of rotatable bonds is 5. The largest absolute Gasteiger partial charge is 0.342 e. The Morgan fingerprint density at radius 3 is 2.81 bits per heavy atom. The molecule has 1 amide bonds. The van der Waals surface area contributed by atoms with Crippen molar-refractivity contribution in [2.75, 3.05) is 14.1 Å². The fourth-order valence-electron chi connectivity index (χ4n) is 1.49. The van der Waals surface area contributed by atoms with Crippen molar-refractivity contribution in [2.24, 2.45) is 0 Å². The van der Waals surface area contributed by atoms with Crippen LogP contribution in [0.5, 0.6) is 0 Å². The maximum atomic E-state index is 11.9. The first kappa shape index (κ1) is 12.8. The predicted octanol–water partition coefficient (Wildman–Crippen LogP) is 1.07. The maximum absolute atomic E-state index is 11.9. The molecule has 0 fully saturated rings. The molecular weight excluding hydrogens is 202 g/mol. The van der Waals surface area contributed by atoms with Crippen molar-refractivity contribution in [1.82, 2.24) is 14.8 Å². The van der Waals surface area contributed by atoms with E-state index in [0.29, 0.717) is 6.54 Å². The highest BCUT2D eigenvalue weighted by molar-refractivity contribution is 5.76. The van der Waals surface area contributed by atoms with E-state index in [1.165, 1.54) is 0 Å². The summed E-state index contributed by atoms with van der Waals surface area (Å²) >= 11 is 0. The molecule has 0 aliphatic heterocycles. The quantitative estimate of drug-likeness (QED) is 0.811. The van der Waals surface area contributed by atoms with Gasteiger partial charge in [-0.25, -0.2) is 0 Å². The van der Waals surface area contributed by atoms with E-state index in [2.05, 4.69) is 5.32 Å². The SMILES string of the molecule is CNCc1cccn1CC(=O)N(C)C(C)C. The van der Waals surface area contributed by atoms with Crippen LogP contribution >= 0.6 is 0 Å². The molecule has 0 unspecified atom stereocenters. The number of hydrogen-bond donors (Lipinski definition) is 1. The lowest BCUT2D eigenvalue weighted by molar-refractivity contribution is -0.132. The van der Waals surface area contributed by atoms with Crippen LogP contribution in [0.25, 0.3) is 0 Å². The fraction of sp³-hybridized carbons (Fsp3) is 0.583. The van der Waals surface area contributed by atoms with E-state index >= 15 is 0 Å². The molecule has 0 atom stereocenters. The van der Waals surface area contributed by atoms with Crippen LogP contribution in [0, 0.1) is 0 Å². The molecule has 16 heavy (non-hydrogen) atoms. The van der Waals surface area contributed by atoms with Gasteiger partial charge in [0, 0.05) is 31.5 Å². The molecule has 4 heteroatoms. The van der Waals surface area contributed by atoms with Gasteiger partial charge in [-0.3, -0.25) is 4.79 Å². The van der Waals surface area contributed by atoms with Crippen LogP contribution in [-0.2, 0) is 17.9 Å². The zero-order valence-corrected chi connectivity index (χ0v) is 10.5. The van der Waals surface area contributed by atoms with Crippen molar-refractivity contribution in [2.45, 2.75) is 33.0 Å². The minimum atomic E-state index is 0.142. The van der Waals surface area contributed by atoms with Crippen LogP contribution in [0.15, 0.2) is 18.3 Å². The third kappa shape index (κ3) is 3.10. The first-order valence-corrected chi connectivity index (χ1v) is 5.60. The molecule has 1 rings (SSSR count). The van der Waals surface area contributed by atoms with Gasteiger partial charge < -0.3 is 14.8 Å². The van der Waals surface area contributed by atoms with Gasteiger partial charge in [-0.1, -0.05) is 0 Å². The Morgan fingerprint density at radius 1 is 1.56 bits per heavy atom. The lowest BCUT2D eigenvalue weighted by atomic mass is 10.3. The average Bonchev–Trinajstić information content (AvgIpc) is 2.65. The fourth-order valence-corrected chi connectivity index (χ4v) is 1.49. The summed E-state index contributed by atoms with van der Waals surface area (Å²) in [5, 5.41) is 3.09. The molecule has 1 aromatic rings. The van der Waals surface area contributed by atoms with E-state index < -0.39 is 0 Å². The number of nitrogens with zero attached hydrogens (tertiary/aromatic N) is 2. The second-order valence-corrected chi connectivity index (χ2v) is 4.26. The standard InChI is InChI=1S/C12H21N3O/c1-10(2)14(4)12(16)9-15-7-5-6-11(15)8-13-3/h5-7,10,13H,8-9H2,1-4H3. The number of carbonyl (C=O) groups is 1. The molecule has 0 aromatic carbocycles. The molecular formula is C12H21N3O. The average molecular weight is 223 g/mol. The molecule has 0 aliphatic carbocycles. The molecule has 0 bridgehead atoms. The van der Waals surface area contributed by atoms with Crippen LogP contribution in [0.4, 0.5) is 0 Å². The summed E-state index contributed by atoms with van der Waals surface area (Å²) in [7, 11) is 3.74. The minimum absolute atomic E-state index is 0.142. The second kappa shape index (κ2) is 5.70. The van der Waals surface area contributed by atoms with Gasteiger partial charge in [-0.2, -0.15) is 0 Å². The topological polar surface area (TPSA) is 37.3 Å². The van der Waals surface area contributed by atoms with E-state index in [-0.39, 0.29) is 11.9 Å². The highest BCUT2D eigenvalue weighted by Gasteiger charge is 2.13. The van der Waals surface area contributed by atoms with Crippen LogP contribution in [0.1, 0.15) is 19.5 Å². The van der Waals surface area contributed by atoms with E-state index in [1.807, 2.05) is 50.8 Å². The zero-order chi connectivity index (χ0) is 12.1. The summed E-state index contributed by atoms with van der Waals surface area (Å²) in [5.74, 6) is 0.142. The van der Waals surface area contributed by atoms with Crippen molar-refractivity contribution in [3.05, 3.63) is 24.0 Å². The van der Waals surface area contributed by atoms with E-state index in [9.17, 15) is 4.79 Å². The molecule has 0 radical (unpaired) electrons. The Morgan fingerprint density at radius 2 is 2.25 bits per heavy atom. The molecule has 90 valence electrons. The van der Waals surface area contributed by atoms with Gasteiger partial charge in [-0.15, -0.1) is 0 Å². The summed E-state index contributed by atoms with van der Waals surface area (Å²) < 4.78 is 1.98. The third-order valence-corrected chi connectivity index (χ3v) is 2.76. The smallest absolute Gasteiger partial charge is 0.242 e. The number of nitrogens with one attached hydrogen (secondary N) is 1. The highest BCUT2D eigenvalue weighted by atomic mass is 16.2. The molecule has 0 aliphatic rings. The monoisotopic (exact) mass is 223 g/mol. The van der Waals surface area contributed by atoms with Crippen LogP contribution in [0.2, 0.25) is 0 Å². The number of aromatic nitrogens is 1. The zero-order valence-electron chi connectivity index (χ0n) is 10.5. The molecule has 0 saturated heterocycles. The predicted molar refractivity (Wildman–Crippen MR) is 65.1 cm³/mol. The van der Waals surface area contributed by atoms with Crippen molar-refractivity contribution >= 4 is 5.91 Å². The Balaban J connectivity index is 2.65. The molecule has 0 saturated carbocycles. The molecule has 0 spiro atoms. The van der Waals surface area contributed by atoms with Gasteiger partial charge >= 0.3 is 0 Å². The highest BCUT2D eigenvalue weighted by Crippen LogP contribution is 2.04. The van der Waals surface area contributed by atoms with Gasteiger partial charge in [0.2, 0.25) is 5.91 Å². The van der Waals surface area contributed by atoms with Crippen molar-refractivity contribution in [3.63, 3.8) is 0 Å². The number of carbonyl (C=O) groups excluding carboxylic acids is 1. The van der Waals surface area contributed by atoms with Gasteiger partial charge in [0.15, 0.2) is 0 Å². The summed E-state index contributed by atoms with van der Waals surface area (Å²) in [6, 6.07) is 4.24. The molecule has 1 heterocycles. The second-order valence-electron chi connectivity index (χ2n) is 4.26. The van der Waals surface area contributed by atoms with Gasteiger partial charge in [0.25, 0.3) is 0 Å². The normalized spacial score (nSPS) is 10.8. The van der Waals surface area contributed by atoms with E-state index in [4.69, 9.17) is 0 Å². The number of amides is 1. The Bertz CT molecular complexity index is 344. The summed E-state index contributed by atoms with van der Waals surface area (Å²) in [6.45, 7) is 5.23. The Kier molecular flexibility index (Phi) is 4.55. The summed E-state index contributed by atoms with van der Waals surface area (Å²) in [5.41, 5.74) is 1.13. The maximum Gasteiger partial charge on any atom is 0.242 e. The molecule has 4 nitrogen and oxygen atoms in total. The molecule has 1 N–H and O–H groups in total. The first-order chi connectivity index (χ1) is 7.56. The first-order valence-electron chi connectivity index (χ1n) is 5.60. The third-order valence-electron chi connectivity index (χ3n) is 2.76. The van der Waals surface area contributed by atoms with E-state index in [1.54, 1.807) is 4.90 Å². The summed E-state index contributed by atoms with van der Waals surface area (Å²) in [6.07, 6.45) is 1.94. The van der Waals surface area contributed by atoms with Gasteiger partial charge in [-0.05, 0) is 33.0 Å². The number of likely N-dealkylation sites (N-methyl/N-ethyl adjacent to an activating group) is 1. The number of hydrogen-bond acceptors (Lipinski definition) is 2. The molecule has 1 aromatic heterocycles. The van der Waals surface area contributed by atoms with Crippen LogP contribution in [0.3, 0.4) is 0 Å². The summed E-state index contributed by atoms with van der Waals surface area (Å²) in [4.78, 5) is 13.7. The lowest BCUT2D eigenvalue weighted by Gasteiger charge is -2.22. The van der Waals surface area contributed by atoms with Crippen molar-refractivity contribution < 1.29 is 4.79 Å². The minimum Gasteiger partial charge on any atom is -0.342 e. The van der Waals surface area contributed by atoms with Gasteiger partial charge in [0.05, 0.1) is 0 Å². The Hall–Kier alpha value is -1.29. The van der Waals surface area contributed by atoms with Crippen LogP contribution < -0.4 is 5.32 Å².